The maximum absolute atomic E-state index is 8.74. The Labute approximate surface area is 155 Å². The molecule has 0 atom stereocenters. The van der Waals surface area contributed by atoms with Crippen molar-refractivity contribution in [1.29, 1.82) is 0 Å². The molecule has 0 bridgehead atoms. The zero-order valence-corrected chi connectivity index (χ0v) is 15.9. The summed E-state index contributed by atoms with van der Waals surface area (Å²) in [5.41, 5.74) is 0. The van der Waals surface area contributed by atoms with Gasteiger partial charge in [0.1, 0.15) is 0 Å². The van der Waals surface area contributed by atoms with E-state index in [1.54, 1.807) is 0 Å². The molecule has 0 amide bonds. The largest absolute Gasteiger partial charge is 1.00 e. The maximum atomic E-state index is 8.74. The molecule has 128 valence electrons. The fraction of sp³-hybridized carbons (Fsp3) is 1.00. The molecule has 0 aliphatic carbocycles. The first kappa shape index (κ1) is 29.8. The normalized spacial score (nSPS) is 9.90. The molecule has 7 heteroatoms. The molecule has 0 rings (SSSR count). The first-order valence-electron chi connectivity index (χ1n) is 7.22. The quantitative estimate of drug-likeness (QED) is 0.301. The van der Waals surface area contributed by atoms with Gasteiger partial charge in [-0.25, -0.2) is 0 Å². The summed E-state index contributed by atoms with van der Waals surface area (Å²) in [5, 5.41) is 8.59. The Balaban J connectivity index is -0.000000105. The molecule has 0 unspecified atom stereocenters. The van der Waals surface area contributed by atoms with Gasteiger partial charge >= 0.3 is 40.0 Å². The van der Waals surface area contributed by atoms with E-state index in [0.29, 0.717) is 6.61 Å². The van der Waals surface area contributed by atoms with Crippen molar-refractivity contribution in [2.24, 2.45) is 0 Å². The van der Waals surface area contributed by atoms with E-state index in [9.17, 15) is 0 Å². The van der Waals surface area contributed by atoms with Crippen molar-refractivity contribution in [2.45, 2.75) is 85.0 Å². The summed E-state index contributed by atoms with van der Waals surface area (Å²) >= 11 is 0. The SMILES string of the molecule is C.CCCCCCCCCCCCCO.O=S(=O)(O)O.[H-].[Na+]. The van der Waals surface area contributed by atoms with E-state index in [0.717, 1.165) is 6.42 Å². The molecule has 5 nitrogen and oxygen atoms in total. The second-order valence-corrected chi connectivity index (χ2v) is 5.60. The van der Waals surface area contributed by atoms with Crippen molar-refractivity contribution >= 4 is 10.4 Å². The molecule has 3 N–H and O–H groups in total. The molecule has 0 heterocycles. The number of aliphatic hydroxyl groups excluding tert-OH is 1. The minimum atomic E-state index is -4.67. The third kappa shape index (κ3) is 52.8. The van der Waals surface area contributed by atoms with Crippen LogP contribution < -0.4 is 29.6 Å². The fourth-order valence-electron chi connectivity index (χ4n) is 1.78. The van der Waals surface area contributed by atoms with Crippen LogP contribution in [0.15, 0.2) is 0 Å². The van der Waals surface area contributed by atoms with Crippen LogP contribution >= 0.6 is 0 Å². The summed E-state index contributed by atoms with van der Waals surface area (Å²) in [6.07, 6.45) is 14.8. The molecule has 0 radical (unpaired) electrons. The average Bonchev–Trinajstić information content (AvgIpc) is 2.29. The third-order valence-corrected chi connectivity index (χ3v) is 2.76. The number of hydrogen-bond donors (Lipinski definition) is 3. The van der Waals surface area contributed by atoms with Gasteiger partial charge in [-0.1, -0.05) is 78.6 Å². The van der Waals surface area contributed by atoms with Crippen LogP contribution in [0.4, 0.5) is 0 Å². The van der Waals surface area contributed by atoms with E-state index in [-0.39, 0.29) is 38.4 Å². The first-order valence-corrected chi connectivity index (χ1v) is 8.62. The van der Waals surface area contributed by atoms with E-state index in [1.807, 2.05) is 0 Å². The van der Waals surface area contributed by atoms with Crippen LogP contribution in [0.3, 0.4) is 0 Å². The van der Waals surface area contributed by atoms with Gasteiger partial charge in [-0.3, -0.25) is 9.11 Å². The zero-order valence-electron chi connectivity index (χ0n) is 14.1. The molecule has 0 aliphatic rings. The van der Waals surface area contributed by atoms with Gasteiger partial charge < -0.3 is 6.53 Å². The number of aliphatic hydroxyl groups is 1. The summed E-state index contributed by atoms with van der Waals surface area (Å²) in [4.78, 5) is 0. The van der Waals surface area contributed by atoms with Gasteiger partial charge in [-0.15, -0.1) is 0 Å². The maximum Gasteiger partial charge on any atom is 1.00 e. The Morgan fingerprint density at radius 1 is 0.762 bits per heavy atom. The number of unbranched alkanes of at least 4 members (excludes halogenated alkanes) is 10. The third-order valence-electron chi connectivity index (χ3n) is 2.76. The molecule has 0 aromatic rings. The average molecular weight is 338 g/mol. The molecule has 21 heavy (non-hydrogen) atoms. The molecule has 0 saturated heterocycles. The van der Waals surface area contributed by atoms with Crippen LogP contribution in [-0.4, -0.2) is 29.2 Å². The molecular weight excluding hydrogens is 303 g/mol. The van der Waals surface area contributed by atoms with Crippen molar-refractivity contribution in [3.63, 3.8) is 0 Å². The monoisotopic (exact) mass is 338 g/mol. The standard InChI is InChI=1S/C13H28O.CH4.Na.H2O4S.H/c1-2-3-4-5-6-7-8-9-10-11-12-13-14;;;1-5(2,3)4;/h14H,2-13H2,1H3;1H4;;(H2,1,2,3,4);/q;;+1;;-1. The Morgan fingerprint density at radius 2 is 1.00 bits per heavy atom. The van der Waals surface area contributed by atoms with Gasteiger partial charge in [0.25, 0.3) is 0 Å². The van der Waals surface area contributed by atoms with Gasteiger partial charge in [0.2, 0.25) is 0 Å². The summed E-state index contributed by atoms with van der Waals surface area (Å²) in [6, 6.07) is 0. The summed E-state index contributed by atoms with van der Waals surface area (Å²) in [5.74, 6) is 0. The predicted octanol–water partition coefficient (Wildman–Crippen LogP) is 1.39. The zero-order chi connectivity index (χ0) is 15.0. The molecular formula is C14H35NaO5S. The topological polar surface area (TPSA) is 94.8 Å². The molecule has 0 aromatic heterocycles. The van der Waals surface area contributed by atoms with Gasteiger partial charge in [-0.2, -0.15) is 8.42 Å². The molecule has 0 fully saturated rings. The van der Waals surface area contributed by atoms with Crippen LogP contribution in [0.1, 0.15) is 86.4 Å². The van der Waals surface area contributed by atoms with E-state index >= 15 is 0 Å². The second-order valence-electron chi connectivity index (χ2n) is 4.71. The molecule has 0 spiro atoms. The van der Waals surface area contributed by atoms with Crippen molar-refractivity contribution < 1.29 is 53.6 Å². The summed E-state index contributed by atoms with van der Waals surface area (Å²) in [7, 11) is -4.67. The molecule has 0 aromatic carbocycles. The fourth-order valence-corrected chi connectivity index (χ4v) is 1.78. The van der Waals surface area contributed by atoms with E-state index in [1.165, 1.54) is 64.2 Å². The van der Waals surface area contributed by atoms with Crippen LogP contribution in [0.2, 0.25) is 0 Å². The van der Waals surface area contributed by atoms with Crippen LogP contribution in [-0.2, 0) is 10.4 Å². The minimum absolute atomic E-state index is 0. The summed E-state index contributed by atoms with van der Waals surface area (Å²) < 4.78 is 31.6. The number of rotatable bonds is 11. The van der Waals surface area contributed by atoms with Gasteiger partial charge in [0.05, 0.1) is 0 Å². The van der Waals surface area contributed by atoms with Crippen molar-refractivity contribution in [3.8, 4) is 0 Å². The van der Waals surface area contributed by atoms with E-state index in [4.69, 9.17) is 22.6 Å². The second kappa shape index (κ2) is 23.1. The van der Waals surface area contributed by atoms with Gasteiger partial charge in [0.15, 0.2) is 0 Å². The van der Waals surface area contributed by atoms with Crippen molar-refractivity contribution in [2.75, 3.05) is 6.61 Å². The van der Waals surface area contributed by atoms with Gasteiger partial charge in [0, 0.05) is 6.61 Å². The smallest absolute Gasteiger partial charge is 1.00 e. The Bertz CT molecular complexity index is 244. The van der Waals surface area contributed by atoms with Crippen LogP contribution in [0, 0.1) is 0 Å². The van der Waals surface area contributed by atoms with Crippen molar-refractivity contribution in [3.05, 3.63) is 0 Å². The van der Waals surface area contributed by atoms with Crippen LogP contribution in [0.25, 0.3) is 0 Å². The van der Waals surface area contributed by atoms with Gasteiger partial charge in [-0.05, 0) is 6.42 Å². The Kier molecular flexibility index (Phi) is 32.8. The van der Waals surface area contributed by atoms with Crippen molar-refractivity contribution in [1.82, 2.24) is 0 Å². The Hall–Kier alpha value is 0.830. The van der Waals surface area contributed by atoms with E-state index < -0.39 is 10.4 Å². The first-order chi connectivity index (χ1) is 8.91. The Morgan fingerprint density at radius 3 is 1.24 bits per heavy atom. The van der Waals surface area contributed by atoms with Crippen LogP contribution in [0.5, 0.6) is 0 Å². The number of hydrogen-bond acceptors (Lipinski definition) is 3. The van der Waals surface area contributed by atoms with E-state index in [2.05, 4.69) is 6.92 Å². The molecule has 0 saturated carbocycles. The summed E-state index contributed by atoms with van der Waals surface area (Å²) in [6.45, 7) is 2.64. The molecule has 0 aliphatic heterocycles. The predicted molar refractivity (Wildman–Crippen MR) is 85.6 cm³/mol. The minimum Gasteiger partial charge on any atom is -1.00 e.